The molecule has 0 aliphatic carbocycles. The largest absolute Gasteiger partial charge is 0.486 e. The Bertz CT molecular complexity index is 482. The van der Waals surface area contributed by atoms with E-state index in [9.17, 15) is 4.79 Å². The van der Waals surface area contributed by atoms with Crippen molar-refractivity contribution in [1.82, 2.24) is 4.90 Å². The highest BCUT2D eigenvalue weighted by Gasteiger charge is 2.26. The van der Waals surface area contributed by atoms with Crippen molar-refractivity contribution in [2.45, 2.75) is 26.0 Å². The van der Waals surface area contributed by atoms with E-state index in [1.54, 1.807) is 11.9 Å². The van der Waals surface area contributed by atoms with Gasteiger partial charge in [-0.2, -0.15) is 0 Å². The van der Waals surface area contributed by atoms with Gasteiger partial charge in [-0.3, -0.25) is 4.79 Å². The monoisotopic (exact) mass is 314 g/mol. The van der Waals surface area contributed by atoms with Gasteiger partial charge in [0.15, 0.2) is 17.6 Å². The van der Waals surface area contributed by atoms with E-state index in [4.69, 9.17) is 15.2 Å². The van der Waals surface area contributed by atoms with Crippen LogP contribution in [0.15, 0.2) is 24.3 Å². The molecule has 1 heterocycles. The van der Waals surface area contributed by atoms with Crippen molar-refractivity contribution in [3.8, 4) is 11.5 Å². The topological polar surface area (TPSA) is 64.8 Å². The molecule has 0 bridgehead atoms. The summed E-state index contributed by atoms with van der Waals surface area (Å²) >= 11 is 0. The number of fused-ring (bicyclic) bond motifs is 1. The van der Waals surface area contributed by atoms with E-state index in [0.717, 1.165) is 11.5 Å². The maximum Gasteiger partial charge on any atom is 0.239 e. The summed E-state index contributed by atoms with van der Waals surface area (Å²) < 4.78 is 11.5. The van der Waals surface area contributed by atoms with Crippen LogP contribution >= 0.6 is 12.4 Å². The van der Waals surface area contributed by atoms with Crippen molar-refractivity contribution in [3.05, 3.63) is 24.3 Å². The van der Waals surface area contributed by atoms with Gasteiger partial charge in [0.2, 0.25) is 5.91 Å². The summed E-state index contributed by atoms with van der Waals surface area (Å²) in [5.41, 5.74) is 5.88. The lowest BCUT2D eigenvalue weighted by atomic mass is 10.0. The van der Waals surface area contributed by atoms with E-state index in [1.807, 2.05) is 38.1 Å². The molecule has 21 heavy (non-hydrogen) atoms. The summed E-state index contributed by atoms with van der Waals surface area (Å²) in [5.74, 6) is 1.52. The number of carbonyl (C=O) groups is 1. The molecule has 1 aromatic rings. The fourth-order valence-corrected chi connectivity index (χ4v) is 2.09. The van der Waals surface area contributed by atoms with Gasteiger partial charge in [0.05, 0.1) is 12.6 Å². The van der Waals surface area contributed by atoms with E-state index in [2.05, 4.69) is 0 Å². The van der Waals surface area contributed by atoms with E-state index in [-0.39, 0.29) is 30.3 Å². The average molecular weight is 315 g/mol. The Labute approximate surface area is 131 Å². The summed E-state index contributed by atoms with van der Waals surface area (Å²) in [6, 6.07) is 7.06. The van der Waals surface area contributed by atoms with Crippen LogP contribution in [0.25, 0.3) is 0 Å². The number of nitrogens with zero attached hydrogens (tertiary/aromatic N) is 1. The van der Waals surface area contributed by atoms with Crippen LogP contribution in [0.2, 0.25) is 0 Å². The number of halogens is 1. The maximum absolute atomic E-state index is 12.1. The van der Waals surface area contributed by atoms with Crippen molar-refractivity contribution >= 4 is 18.3 Å². The molecule has 118 valence electrons. The number of para-hydroxylation sites is 2. The molecule has 6 heteroatoms. The van der Waals surface area contributed by atoms with Gasteiger partial charge in [0.25, 0.3) is 0 Å². The molecule has 2 rings (SSSR count). The van der Waals surface area contributed by atoms with Gasteiger partial charge in [-0.15, -0.1) is 12.4 Å². The van der Waals surface area contributed by atoms with Crippen molar-refractivity contribution in [2.24, 2.45) is 11.7 Å². The Morgan fingerprint density at radius 3 is 2.62 bits per heavy atom. The highest BCUT2D eigenvalue weighted by atomic mass is 35.5. The van der Waals surface area contributed by atoms with Crippen LogP contribution in [0.3, 0.4) is 0 Å². The number of rotatable bonds is 4. The van der Waals surface area contributed by atoms with Crippen molar-refractivity contribution in [3.63, 3.8) is 0 Å². The Kier molecular flexibility index (Phi) is 6.30. The van der Waals surface area contributed by atoms with Crippen LogP contribution in [0.1, 0.15) is 13.8 Å². The first-order valence-corrected chi connectivity index (χ1v) is 6.88. The van der Waals surface area contributed by atoms with Crippen LogP contribution in [0.4, 0.5) is 0 Å². The number of carbonyl (C=O) groups excluding carboxylic acids is 1. The summed E-state index contributed by atoms with van der Waals surface area (Å²) in [6.45, 7) is 4.78. The lowest BCUT2D eigenvalue weighted by Crippen LogP contribution is -2.49. The second kappa shape index (κ2) is 7.52. The smallest absolute Gasteiger partial charge is 0.239 e. The molecule has 1 aliphatic heterocycles. The van der Waals surface area contributed by atoms with Crippen molar-refractivity contribution in [1.29, 1.82) is 0 Å². The molecule has 0 fully saturated rings. The van der Waals surface area contributed by atoms with Crippen LogP contribution in [0, 0.1) is 5.92 Å². The number of hydrogen-bond donors (Lipinski definition) is 1. The SMILES string of the molecule is CC(C)[C@@H](N)C(=O)N(C)CC1COc2ccccc2O1.Cl. The summed E-state index contributed by atoms with van der Waals surface area (Å²) in [6.07, 6.45) is -0.168. The number of amides is 1. The molecule has 5 nitrogen and oxygen atoms in total. The predicted octanol–water partition coefficient (Wildman–Crippen LogP) is 1.69. The number of likely N-dealkylation sites (N-methyl/N-ethyl adjacent to an activating group) is 1. The van der Waals surface area contributed by atoms with Crippen LogP contribution in [-0.4, -0.2) is 43.2 Å². The Balaban J connectivity index is 0.00000220. The van der Waals surface area contributed by atoms with E-state index >= 15 is 0 Å². The molecule has 0 saturated carbocycles. The molecular formula is C15H23ClN2O3. The highest BCUT2D eigenvalue weighted by Crippen LogP contribution is 2.30. The lowest BCUT2D eigenvalue weighted by Gasteiger charge is -2.31. The first-order chi connectivity index (χ1) is 9.49. The Morgan fingerprint density at radius 1 is 1.38 bits per heavy atom. The minimum atomic E-state index is -0.475. The van der Waals surface area contributed by atoms with Crippen LogP contribution in [0.5, 0.6) is 11.5 Å². The Hall–Kier alpha value is -1.46. The molecule has 1 aliphatic rings. The third kappa shape index (κ3) is 4.25. The predicted molar refractivity (Wildman–Crippen MR) is 84.1 cm³/mol. The molecular weight excluding hydrogens is 292 g/mol. The van der Waals surface area contributed by atoms with Crippen molar-refractivity contribution < 1.29 is 14.3 Å². The summed E-state index contributed by atoms with van der Waals surface area (Å²) in [7, 11) is 1.74. The number of hydrogen-bond acceptors (Lipinski definition) is 4. The second-order valence-corrected chi connectivity index (χ2v) is 5.49. The van der Waals surface area contributed by atoms with E-state index in [1.165, 1.54) is 0 Å². The van der Waals surface area contributed by atoms with Gasteiger partial charge in [-0.05, 0) is 18.1 Å². The van der Waals surface area contributed by atoms with Gasteiger partial charge in [-0.1, -0.05) is 26.0 Å². The molecule has 0 radical (unpaired) electrons. The third-order valence-corrected chi connectivity index (χ3v) is 3.42. The van der Waals surface area contributed by atoms with Gasteiger partial charge in [0.1, 0.15) is 6.61 Å². The zero-order valence-corrected chi connectivity index (χ0v) is 13.4. The molecule has 1 unspecified atom stereocenters. The standard InChI is InChI=1S/C15H22N2O3.ClH/c1-10(2)14(16)15(18)17(3)8-11-9-19-12-6-4-5-7-13(12)20-11;/h4-7,10-11,14H,8-9,16H2,1-3H3;1H/t11?,14-;/m1./s1. The highest BCUT2D eigenvalue weighted by molar-refractivity contribution is 5.85. The summed E-state index contributed by atoms with van der Waals surface area (Å²) in [5, 5.41) is 0. The van der Waals surface area contributed by atoms with Gasteiger partial charge < -0.3 is 20.1 Å². The first kappa shape index (κ1) is 17.6. The molecule has 0 aromatic heterocycles. The molecule has 2 N–H and O–H groups in total. The summed E-state index contributed by atoms with van der Waals surface area (Å²) in [4.78, 5) is 13.7. The molecule has 2 atom stereocenters. The number of ether oxygens (including phenoxy) is 2. The average Bonchev–Trinajstić information content (AvgIpc) is 2.45. The lowest BCUT2D eigenvalue weighted by molar-refractivity contribution is -0.133. The maximum atomic E-state index is 12.1. The number of benzene rings is 1. The quantitative estimate of drug-likeness (QED) is 0.918. The fourth-order valence-electron chi connectivity index (χ4n) is 2.09. The zero-order valence-electron chi connectivity index (χ0n) is 12.6. The second-order valence-electron chi connectivity index (χ2n) is 5.49. The van der Waals surface area contributed by atoms with Crippen molar-refractivity contribution in [2.75, 3.05) is 20.2 Å². The number of nitrogens with two attached hydrogens (primary N) is 1. The van der Waals surface area contributed by atoms with Crippen LogP contribution in [-0.2, 0) is 4.79 Å². The minimum Gasteiger partial charge on any atom is -0.486 e. The molecule has 0 saturated heterocycles. The van der Waals surface area contributed by atoms with Crippen LogP contribution < -0.4 is 15.2 Å². The molecule has 0 spiro atoms. The molecule has 1 aromatic carbocycles. The van der Waals surface area contributed by atoms with E-state index in [0.29, 0.717) is 13.2 Å². The molecule has 1 amide bonds. The third-order valence-electron chi connectivity index (χ3n) is 3.42. The van der Waals surface area contributed by atoms with Gasteiger partial charge in [0, 0.05) is 7.05 Å². The normalized spacial score (nSPS) is 17.9. The first-order valence-electron chi connectivity index (χ1n) is 6.88. The van der Waals surface area contributed by atoms with Gasteiger partial charge in [-0.25, -0.2) is 0 Å². The van der Waals surface area contributed by atoms with E-state index < -0.39 is 6.04 Å². The zero-order chi connectivity index (χ0) is 14.7. The minimum absolute atomic E-state index is 0. The van der Waals surface area contributed by atoms with Gasteiger partial charge >= 0.3 is 0 Å². The Morgan fingerprint density at radius 2 is 2.00 bits per heavy atom. The fraction of sp³-hybridized carbons (Fsp3) is 0.533.